The Balaban J connectivity index is 1.88. The second kappa shape index (κ2) is 9.52. The molecule has 0 bridgehead atoms. The smallest absolute Gasteiger partial charge is 0.246 e. The molecule has 1 atom stereocenters. The molecular formula is C24H24N4O. The minimum Gasteiger partial charge on any atom is -0.338 e. The lowest BCUT2D eigenvalue weighted by Crippen LogP contribution is -2.33. The molecule has 1 aromatic heterocycles. The van der Waals surface area contributed by atoms with Gasteiger partial charge in [-0.15, -0.1) is 0 Å². The number of hydrogen-bond donors (Lipinski definition) is 0. The van der Waals surface area contributed by atoms with Gasteiger partial charge in [-0.2, -0.15) is 10.4 Å². The number of nitrogens with zero attached hydrogens (tertiary/aromatic N) is 4. The zero-order chi connectivity index (χ0) is 20.6. The molecule has 0 saturated carbocycles. The van der Waals surface area contributed by atoms with Gasteiger partial charge in [-0.1, -0.05) is 60.7 Å². The molecule has 0 aliphatic carbocycles. The molecule has 1 heterocycles. The monoisotopic (exact) mass is 384 g/mol. The van der Waals surface area contributed by atoms with E-state index in [1.165, 1.54) is 0 Å². The fourth-order valence-electron chi connectivity index (χ4n) is 3.00. The van der Waals surface area contributed by atoms with Gasteiger partial charge < -0.3 is 4.90 Å². The van der Waals surface area contributed by atoms with Crippen molar-refractivity contribution in [3.8, 4) is 17.3 Å². The topological polar surface area (TPSA) is 61.9 Å². The Bertz CT molecular complexity index is 1020. The number of rotatable bonds is 7. The summed E-state index contributed by atoms with van der Waals surface area (Å²) in [7, 11) is 1.71. The Labute approximate surface area is 171 Å². The van der Waals surface area contributed by atoms with Crippen molar-refractivity contribution in [2.75, 3.05) is 7.05 Å². The van der Waals surface area contributed by atoms with Gasteiger partial charge in [-0.25, -0.2) is 0 Å². The second-order valence-electron chi connectivity index (χ2n) is 6.98. The molecule has 0 fully saturated rings. The van der Waals surface area contributed by atoms with Gasteiger partial charge in [0, 0.05) is 36.5 Å². The third-order valence-electron chi connectivity index (χ3n) is 4.83. The Morgan fingerprint density at radius 2 is 1.83 bits per heavy atom. The normalized spacial score (nSPS) is 11.9. The molecule has 1 unspecified atom stereocenters. The summed E-state index contributed by atoms with van der Waals surface area (Å²) in [6.45, 7) is 2.52. The number of benzene rings is 2. The second-order valence-corrected chi connectivity index (χ2v) is 6.98. The van der Waals surface area contributed by atoms with Gasteiger partial charge in [-0.05, 0) is 18.6 Å². The molecule has 0 N–H and O–H groups in total. The summed E-state index contributed by atoms with van der Waals surface area (Å²) in [5.41, 5.74) is 3.86. The Morgan fingerprint density at radius 1 is 1.17 bits per heavy atom. The van der Waals surface area contributed by atoms with Gasteiger partial charge in [0.05, 0.1) is 24.7 Å². The minimum atomic E-state index is -0.137. The summed E-state index contributed by atoms with van der Waals surface area (Å²) >= 11 is 0. The predicted octanol–water partition coefficient (Wildman–Crippen LogP) is 4.37. The van der Waals surface area contributed by atoms with E-state index in [9.17, 15) is 4.79 Å². The third-order valence-corrected chi connectivity index (χ3v) is 4.83. The molecule has 0 aliphatic rings. The summed E-state index contributed by atoms with van der Waals surface area (Å²) in [5, 5.41) is 13.6. The van der Waals surface area contributed by atoms with E-state index in [4.69, 9.17) is 10.4 Å². The largest absolute Gasteiger partial charge is 0.338 e. The summed E-state index contributed by atoms with van der Waals surface area (Å²) in [6, 6.07) is 22.0. The Kier molecular flexibility index (Phi) is 6.59. The van der Waals surface area contributed by atoms with Gasteiger partial charge in [0.1, 0.15) is 0 Å². The number of carbonyl (C=O) groups excluding carboxylic acids is 1. The molecule has 2 aromatic carbocycles. The number of carbonyl (C=O) groups is 1. The fourth-order valence-corrected chi connectivity index (χ4v) is 3.00. The van der Waals surface area contributed by atoms with E-state index in [0.29, 0.717) is 13.0 Å². The molecule has 0 saturated heterocycles. The molecular weight excluding hydrogens is 360 g/mol. The highest BCUT2D eigenvalue weighted by Crippen LogP contribution is 2.23. The quantitative estimate of drug-likeness (QED) is 0.568. The molecule has 1 amide bonds. The summed E-state index contributed by atoms with van der Waals surface area (Å²) < 4.78 is 1.89. The highest BCUT2D eigenvalue weighted by atomic mass is 16.2. The SMILES string of the molecule is CC(CC#N)N(C)C(=O)/C=C/c1cn(Cc2ccccc2)nc1-c1ccccc1. The average molecular weight is 384 g/mol. The maximum absolute atomic E-state index is 12.5. The van der Waals surface area contributed by atoms with Crippen molar-refractivity contribution < 1.29 is 4.79 Å². The lowest BCUT2D eigenvalue weighted by molar-refractivity contribution is -0.126. The van der Waals surface area contributed by atoms with E-state index in [2.05, 4.69) is 18.2 Å². The minimum absolute atomic E-state index is 0.133. The Hall–Kier alpha value is -3.65. The van der Waals surface area contributed by atoms with E-state index in [1.807, 2.05) is 66.3 Å². The van der Waals surface area contributed by atoms with Gasteiger partial charge in [-0.3, -0.25) is 9.48 Å². The molecule has 0 spiro atoms. The lowest BCUT2D eigenvalue weighted by Gasteiger charge is -2.21. The van der Waals surface area contributed by atoms with E-state index >= 15 is 0 Å². The first-order chi connectivity index (χ1) is 14.1. The van der Waals surface area contributed by atoms with Crippen LogP contribution in [-0.4, -0.2) is 33.7 Å². The lowest BCUT2D eigenvalue weighted by atomic mass is 10.1. The van der Waals surface area contributed by atoms with Crippen LogP contribution in [0.4, 0.5) is 0 Å². The van der Waals surface area contributed by atoms with Crippen LogP contribution in [0.3, 0.4) is 0 Å². The number of nitriles is 1. The van der Waals surface area contributed by atoms with Gasteiger partial charge in [0.2, 0.25) is 5.91 Å². The van der Waals surface area contributed by atoms with Gasteiger partial charge in [0.15, 0.2) is 0 Å². The zero-order valence-electron chi connectivity index (χ0n) is 16.7. The maximum Gasteiger partial charge on any atom is 0.246 e. The van der Waals surface area contributed by atoms with Crippen LogP contribution in [0.5, 0.6) is 0 Å². The van der Waals surface area contributed by atoms with Crippen LogP contribution in [0.1, 0.15) is 24.5 Å². The molecule has 3 aromatic rings. The first kappa shape index (κ1) is 20.1. The molecule has 146 valence electrons. The first-order valence-electron chi connectivity index (χ1n) is 9.57. The Morgan fingerprint density at radius 3 is 2.48 bits per heavy atom. The fraction of sp³-hybridized carbons (Fsp3) is 0.208. The predicted molar refractivity (Wildman–Crippen MR) is 115 cm³/mol. The third kappa shape index (κ3) is 5.20. The van der Waals surface area contributed by atoms with Crippen LogP contribution < -0.4 is 0 Å². The van der Waals surface area contributed by atoms with E-state index in [-0.39, 0.29) is 11.9 Å². The van der Waals surface area contributed by atoms with Gasteiger partial charge >= 0.3 is 0 Å². The van der Waals surface area contributed by atoms with Crippen LogP contribution in [0.15, 0.2) is 72.9 Å². The van der Waals surface area contributed by atoms with Crippen molar-refractivity contribution in [1.82, 2.24) is 14.7 Å². The van der Waals surface area contributed by atoms with Crippen molar-refractivity contribution >= 4 is 12.0 Å². The van der Waals surface area contributed by atoms with Crippen LogP contribution >= 0.6 is 0 Å². The number of aromatic nitrogens is 2. The van der Waals surface area contributed by atoms with E-state index in [0.717, 1.165) is 22.4 Å². The van der Waals surface area contributed by atoms with Crippen LogP contribution in [0.25, 0.3) is 17.3 Å². The maximum atomic E-state index is 12.5. The molecule has 5 nitrogen and oxygen atoms in total. The molecule has 3 rings (SSSR count). The molecule has 0 radical (unpaired) electrons. The van der Waals surface area contributed by atoms with Crippen molar-refractivity contribution in [3.05, 3.63) is 84.1 Å². The zero-order valence-corrected chi connectivity index (χ0v) is 16.7. The molecule has 5 heteroatoms. The van der Waals surface area contributed by atoms with Crippen LogP contribution in [0, 0.1) is 11.3 Å². The number of likely N-dealkylation sites (N-methyl/N-ethyl adjacent to an activating group) is 1. The van der Waals surface area contributed by atoms with Gasteiger partial charge in [0.25, 0.3) is 0 Å². The standard InChI is InChI=1S/C24H24N4O/c1-19(15-16-25)27(2)23(29)14-13-22-18-28(17-20-9-5-3-6-10-20)26-24(22)21-11-7-4-8-12-21/h3-14,18-19H,15,17H2,1-2H3/b14-13+. The van der Waals surface area contributed by atoms with Crippen LogP contribution in [-0.2, 0) is 11.3 Å². The van der Waals surface area contributed by atoms with E-state index in [1.54, 1.807) is 24.1 Å². The summed E-state index contributed by atoms with van der Waals surface area (Å²) in [6.07, 6.45) is 5.61. The number of amides is 1. The van der Waals surface area contributed by atoms with E-state index < -0.39 is 0 Å². The molecule has 0 aliphatic heterocycles. The van der Waals surface area contributed by atoms with Crippen LogP contribution in [0.2, 0.25) is 0 Å². The number of hydrogen-bond acceptors (Lipinski definition) is 3. The van der Waals surface area contributed by atoms with Crippen molar-refractivity contribution in [1.29, 1.82) is 5.26 Å². The summed E-state index contributed by atoms with van der Waals surface area (Å²) in [5.74, 6) is -0.137. The van der Waals surface area contributed by atoms with Crippen molar-refractivity contribution in [3.63, 3.8) is 0 Å². The summed E-state index contributed by atoms with van der Waals surface area (Å²) in [4.78, 5) is 14.1. The highest BCUT2D eigenvalue weighted by Gasteiger charge is 2.14. The highest BCUT2D eigenvalue weighted by molar-refractivity contribution is 5.92. The first-order valence-corrected chi connectivity index (χ1v) is 9.57. The molecule has 29 heavy (non-hydrogen) atoms. The average Bonchev–Trinajstić information content (AvgIpc) is 3.15. The van der Waals surface area contributed by atoms with Crippen molar-refractivity contribution in [2.24, 2.45) is 0 Å². The van der Waals surface area contributed by atoms with Crippen molar-refractivity contribution in [2.45, 2.75) is 25.9 Å².